The van der Waals surface area contributed by atoms with Crippen LogP contribution in [-0.4, -0.2) is 21.6 Å². The van der Waals surface area contributed by atoms with Crippen LogP contribution in [-0.2, 0) is 7.05 Å². The Bertz CT molecular complexity index is 536. The van der Waals surface area contributed by atoms with Gasteiger partial charge in [0.25, 0.3) is 5.56 Å². The standard InChI is InChI=1S/C10H16N4O2S/c1-3-4-5-14-6-7(11-10(14)17)13(2)9(16)12-8(6)15/h10-11,17H,3-5H2,1-2H3,(H,12,15,16). The maximum atomic E-state index is 11.8. The molecule has 0 saturated heterocycles. The van der Waals surface area contributed by atoms with Crippen molar-refractivity contribution in [3.05, 3.63) is 20.8 Å². The fraction of sp³-hybridized carbons (Fsp3) is 0.600. The van der Waals surface area contributed by atoms with Crippen LogP contribution in [0.3, 0.4) is 0 Å². The van der Waals surface area contributed by atoms with Crippen LogP contribution in [0.1, 0.15) is 19.8 Å². The first-order valence-corrected chi connectivity index (χ1v) is 6.12. The van der Waals surface area contributed by atoms with E-state index in [1.165, 1.54) is 4.57 Å². The minimum absolute atomic E-state index is 0.259. The molecule has 0 spiro atoms. The quantitative estimate of drug-likeness (QED) is 0.681. The highest BCUT2D eigenvalue weighted by atomic mass is 32.1. The molecule has 7 heteroatoms. The summed E-state index contributed by atoms with van der Waals surface area (Å²) in [4.78, 5) is 27.4. The van der Waals surface area contributed by atoms with Gasteiger partial charge in [0, 0.05) is 13.6 Å². The molecule has 94 valence electrons. The summed E-state index contributed by atoms with van der Waals surface area (Å²) in [6.45, 7) is 2.83. The van der Waals surface area contributed by atoms with Crippen LogP contribution in [0.2, 0.25) is 0 Å². The third-order valence-corrected chi connectivity index (χ3v) is 3.31. The lowest BCUT2D eigenvalue weighted by Crippen LogP contribution is -2.35. The molecule has 0 fully saturated rings. The predicted octanol–water partition coefficient (Wildman–Crippen LogP) is 0.319. The van der Waals surface area contributed by atoms with Crippen LogP contribution >= 0.6 is 12.6 Å². The van der Waals surface area contributed by atoms with Crippen molar-refractivity contribution in [2.75, 3.05) is 16.8 Å². The Kier molecular flexibility index (Phi) is 3.19. The summed E-state index contributed by atoms with van der Waals surface area (Å²) in [7, 11) is 1.62. The summed E-state index contributed by atoms with van der Waals surface area (Å²) in [5.41, 5.74) is -0.534. The molecule has 1 aromatic rings. The molecule has 0 radical (unpaired) electrons. The van der Waals surface area contributed by atoms with Gasteiger partial charge in [0.15, 0.2) is 0 Å². The average Bonchev–Trinajstić information content (AvgIpc) is 2.61. The molecule has 0 amide bonds. The van der Waals surface area contributed by atoms with E-state index in [9.17, 15) is 9.59 Å². The molecule has 2 rings (SSSR count). The summed E-state index contributed by atoms with van der Waals surface area (Å²) >= 11 is 4.38. The number of rotatable bonds is 3. The molecule has 6 nitrogen and oxygen atoms in total. The summed E-state index contributed by atoms with van der Waals surface area (Å²) < 4.78 is 1.39. The van der Waals surface area contributed by atoms with E-state index in [0.29, 0.717) is 11.5 Å². The molecule has 1 aromatic heterocycles. The van der Waals surface area contributed by atoms with Crippen LogP contribution < -0.4 is 21.5 Å². The Morgan fingerprint density at radius 3 is 2.76 bits per heavy atom. The molecule has 1 atom stereocenters. The lowest BCUT2D eigenvalue weighted by molar-refractivity contribution is 0.731. The SMILES string of the molecule is CCCCN1c2c(n(C)c(=O)[nH]c2=O)NC1S. The molecule has 0 saturated carbocycles. The van der Waals surface area contributed by atoms with Crippen molar-refractivity contribution < 1.29 is 0 Å². The van der Waals surface area contributed by atoms with E-state index in [1.54, 1.807) is 7.05 Å². The summed E-state index contributed by atoms with van der Waals surface area (Å²) in [6, 6.07) is 0. The van der Waals surface area contributed by atoms with Gasteiger partial charge in [0.05, 0.1) is 0 Å². The van der Waals surface area contributed by atoms with Crippen LogP contribution in [0.15, 0.2) is 9.59 Å². The predicted molar refractivity (Wildman–Crippen MR) is 71.0 cm³/mol. The molecular formula is C10H16N4O2S. The molecule has 0 bridgehead atoms. The molecule has 1 aliphatic rings. The number of nitrogens with zero attached hydrogens (tertiary/aromatic N) is 2. The third-order valence-electron chi connectivity index (χ3n) is 2.90. The molecule has 0 aliphatic carbocycles. The normalized spacial score (nSPS) is 18.1. The van der Waals surface area contributed by atoms with E-state index in [4.69, 9.17) is 0 Å². The average molecular weight is 256 g/mol. The lowest BCUT2D eigenvalue weighted by atomic mass is 10.3. The molecule has 1 aliphatic heterocycles. The van der Waals surface area contributed by atoms with Gasteiger partial charge in [-0.2, -0.15) is 0 Å². The second-order valence-corrected chi connectivity index (χ2v) is 4.57. The number of aromatic nitrogens is 2. The van der Waals surface area contributed by atoms with E-state index in [2.05, 4.69) is 29.9 Å². The minimum Gasteiger partial charge on any atom is -0.341 e. The molecule has 1 unspecified atom stereocenters. The number of aromatic amines is 1. The second-order valence-electron chi connectivity index (χ2n) is 4.08. The fourth-order valence-electron chi connectivity index (χ4n) is 1.92. The largest absolute Gasteiger partial charge is 0.341 e. The van der Waals surface area contributed by atoms with Crippen LogP contribution in [0.5, 0.6) is 0 Å². The summed E-state index contributed by atoms with van der Waals surface area (Å²) in [5.74, 6) is 0.537. The number of thiol groups is 1. The van der Waals surface area contributed by atoms with Crippen molar-refractivity contribution >= 4 is 24.1 Å². The zero-order valence-electron chi connectivity index (χ0n) is 9.86. The van der Waals surface area contributed by atoms with Crippen molar-refractivity contribution in [3.8, 4) is 0 Å². The van der Waals surface area contributed by atoms with Gasteiger partial charge in [-0.25, -0.2) is 4.79 Å². The first-order chi connectivity index (χ1) is 8.06. The Balaban J connectivity index is 2.49. The van der Waals surface area contributed by atoms with E-state index >= 15 is 0 Å². The molecule has 2 heterocycles. The zero-order chi connectivity index (χ0) is 12.6. The van der Waals surface area contributed by atoms with Gasteiger partial charge in [0.2, 0.25) is 0 Å². The first kappa shape index (κ1) is 12.1. The van der Waals surface area contributed by atoms with Crippen molar-refractivity contribution in [3.63, 3.8) is 0 Å². The second kappa shape index (κ2) is 4.48. The highest BCUT2D eigenvalue weighted by Gasteiger charge is 2.30. The van der Waals surface area contributed by atoms with Gasteiger partial charge >= 0.3 is 5.69 Å². The topological polar surface area (TPSA) is 70.1 Å². The molecule has 0 aromatic carbocycles. The zero-order valence-corrected chi connectivity index (χ0v) is 10.8. The number of anilines is 2. The maximum Gasteiger partial charge on any atom is 0.329 e. The van der Waals surface area contributed by atoms with Crippen molar-refractivity contribution in [1.82, 2.24) is 9.55 Å². The highest BCUT2D eigenvalue weighted by molar-refractivity contribution is 7.81. The van der Waals surface area contributed by atoms with Gasteiger partial charge in [-0.15, -0.1) is 12.6 Å². The van der Waals surface area contributed by atoms with Crippen LogP contribution in [0, 0.1) is 0 Å². The van der Waals surface area contributed by atoms with Crippen LogP contribution in [0.25, 0.3) is 0 Å². The van der Waals surface area contributed by atoms with Crippen LogP contribution in [0.4, 0.5) is 11.5 Å². The van der Waals surface area contributed by atoms with E-state index in [0.717, 1.165) is 19.4 Å². The van der Waals surface area contributed by atoms with Crippen molar-refractivity contribution in [1.29, 1.82) is 0 Å². The lowest BCUT2D eigenvalue weighted by Gasteiger charge is -2.21. The number of hydrogen-bond acceptors (Lipinski definition) is 5. The number of nitrogens with one attached hydrogen (secondary N) is 2. The van der Waals surface area contributed by atoms with Gasteiger partial charge in [-0.3, -0.25) is 14.3 Å². The Morgan fingerprint density at radius 2 is 2.12 bits per heavy atom. The summed E-state index contributed by atoms with van der Waals surface area (Å²) in [5, 5.41) is 3.04. The first-order valence-electron chi connectivity index (χ1n) is 5.60. The van der Waals surface area contributed by atoms with Crippen molar-refractivity contribution in [2.24, 2.45) is 7.05 Å². The highest BCUT2D eigenvalue weighted by Crippen LogP contribution is 2.30. The van der Waals surface area contributed by atoms with Crippen molar-refractivity contribution in [2.45, 2.75) is 25.3 Å². The number of unbranched alkanes of at least 4 members (excludes halogenated alkanes) is 1. The van der Waals surface area contributed by atoms with Gasteiger partial charge < -0.3 is 10.2 Å². The molecular weight excluding hydrogens is 240 g/mol. The third kappa shape index (κ3) is 1.95. The maximum absolute atomic E-state index is 11.8. The fourth-order valence-corrected chi connectivity index (χ4v) is 2.28. The number of fused-ring (bicyclic) bond motifs is 1. The number of H-pyrrole nitrogens is 1. The van der Waals surface area contributed by atoms with Gasteiger partial charge in [-0.05, 0) is 6.42 Å². The van der Waals surface area contributed by atoms with Gasteiger partial charge in [0.1, 0.15) is 17.0 Å². The monoisotopic (exact) mass is 256 g/mol. The van der Waals surface area contributed by atoms with E-state index in [1.807, 2.05) is 4.90 Å². The summed E-state index contributed by atoms with van der Waals surface area (Å²) in [6.07, 6.45) is 2.01. The minimum atomic E-state index is -0.417. The van der Waals surface area contributed by atoms with E-state index in [-0.39, 0.29) is 11.1 Å². The molecule has 2 N–H and O–H groups in total. The number of hydrogen-bond donors (Lipinski definition) is 3. The van der Waals surface area contributed by atoms with E-state index < -0.39 is 5.69 Å². The Hall–Kier alpha value is -1.37. The van der Waals surface area contributed by atoms with Gasteiger partial charge in [-0.1, -0.05) is 13.3 Å². The molecule has 17 heavy (non-hydrogen) atoms. The smallest absolute Gasteiger partial charge is 0.329 e. The Morgan fingerprint density at radius 1 is 1.41 bits per heavy atom. The Labute approximate surface area is 104 Å².